The molecule has 0 saturated heterocycles. The summed E-state index contributed by atoms with van der Waals surface area (Å²) in [6.07, 6.45) is 3.10. The molecule has 0 saturated carbocycles. The second kappa shape index (κ2) is 8.48. The van der Waals surface area contributed by atoms with Crippen LogP contribution < -0.4 is 11.1 Å². The number of aliphatic hydroxyl groups is 1. The minimum absolute atomic E-state index is 0.0971. The molecule has 4 N–H and O–H groups in total. The van der Waals surface area contributed by atoms with Crippen LogP contribution in [-0.4, -0.2) is 30.7 Å². The highest BCUT2D eigenvalue weighted by Gasteiger charge is 2.18. The summed E-state index contributed by atoms with van der Waals surface area (Å²) in [5.41, 5.74) is 5.67. The van der Waals surface area contributed by atoms with Crippen molar-refractivity contribution in [2.45, 2.75) is 46.5 Å². The first-order valence-electron chi connectivity index (χ1n) is 6.49. The third kappa shape index (κ3) is 9.12. The van der Waals surface area contributed by atoms with Crippen LogP contribution in [0.3, 0.4) is 0 Å². The molecule has 0 radical (unpaired) electrons. The monoisotopic (exact) mass is 244 g/mol. The maximum absolute atomic E-state index is 11.6. The fourth-order valence-corrected chi connectivity index (χ4v) is 1.67. The summed E-state index contributed by atoms with van der Waals surface area (Å²) in [4.78, 5) is 11.6. The lowest BCUT2D eigenvalue weighted by molar-refractivity contribution is -0.121. The molecule has 4 nitrogen and oxygen atoms in total. The van der Waals surface area contributed by atoms with Gasteiger partial charge in [-0.1, -0.05) is 20.8 Å². The van der Waals surface area contributed by atoms with E-state index in [1.165, 1.54) is 0 Å². The Bertz CT molecular complexity index is 217. The van der Waals surface area contributed by atoms with E-state index >= 15 is 0 Å². The summed E-state index contributed by atoms with van der Waals surface area (Å²) >= 11 is 0. The van der Waals surface area contributed by atoms with Crippen LogP contribution in [0.25, 0.3) is 0 Å². The van der Waals surface area contributed by atoms with E-state index in [4.69, 9.17) is 10.8 Å². The molecule has 1 unspecified atom stereocenters. The van der Waals surface area contributed by atoms with Crippen molar-refractivity contribution in [3.63, 3.8) is 0 Å². The maximum atomic E-state index is 11.6. The lowest BCUT2D eigenvalue weighted by atomic mass is 9.84. The van der Waals surface area contributed by atoms with Gasteiger partial charge in [0.1, 0.15) is 0 Å². The van der Waals surface area contributed by atoms with E-state index in [-0.39, 0.29) is 17.9 Å². The van der Waals surface area contributed by atoms with E-state index in [1.54, 1.807) is 0 Å². The third-order valence-electron chi connectivity index (χ3n) is 3.12. The Balaban J connectivity index is 3.72. The zero-order chi connectivity index (χ0) is 13.3. The van der Waals surface area contributed by atoms with Gasteiger partial charge in [-0.2, -0.15) is 0 Å². The molecule has 0 heterocycles. The fraction of sp³-hybridized carbons (Fsp3) is 0.923. The summed E-state index contributed by atoms with van der Waals surface area (Å²) in [7, 11) is 0. The Labute approximate surface area is 105 Å². The van der Waals surface area contributed by atoms with Crippen molar-refractivity contribution in [3.05, 3.63) is 0 Å². The number of carbonyl (C=O) groups is 1. The van der Waals surface area contributed by atoms with E-state index < -0.39 is 0 Å². The highest BCUT2D eigenvalue weighted by atomic mass is 16.3. The van der Waals surface area contributed by atoms with Crippen molar-refractivity contribution in [3.8, 4) is 0 Å². The van der Waals surface area contributed by atoms with Crippen molar-refractivity contribution >= 4 is 5.91 Å². The summed E-state index contributed by atoms with van der Waals surface area (Å²) < 4.78 is 0. The zero-order valence-corrected chi connectivity index (χ0v) is 11.5. The predicted molar refractivity (Wildman–Crippen MR) is 70.6 cm³/mol. The van der Waals surface area contributed by atoms with E-state index in [1.807, 2.05) is 6.92 Å². The molecule has 0 fully saturated rings. The number of amides is 1. The minimum atomic E-state index is 0.0971. The van der Waals surface area contributed by atoms with Crippen molar-refractivity contribution in [2.24, 2.45) is 17.1 Å². The van der Waals surface area contributed by atoms with Crippen LogP contribution in [0, 0.1) is 11.3 Å². The molecule has 0 spiro atoms. The first kappa shape index (κ1) is 16.4. The van der Waals surface area contributed by atoms with Crippen LogP contribution in [0.5, 0.6) is 0 Å². The van der Waals surface area contributed by atoms with Gasteiger partial charge in [0.15, 0.2) is 0 Å². The number of hydrogen-bond acceptors (Lipinski definition) is 3. The first-order chi connectivity index (χ1) is 7.91. The second-order valence-corrected chi connectivity index (χ2v) is 5.62. The quantitative estimate of drug-likeness (QED) is 0.572. The number of aliphatic hydroxyl groups excluding tert-OH is 1. The van der Waals surface area contributed by atoms with Crippen molar-refractivity contribution in [1.29, 1.82) is 0 Å². The second-order valence-electron chi connectivity index (χ2n) is 5.62. The van der Waals surface area contributed by atoms with Gasteiger partial charge in [-0.25, -0.2) is 0 Å². The molecule has 0 aromatic rings. The normalized spacial score (nSPS) is 13.5. The number of carbonyl (C=O) groups excluding carboxylic acids is 1. The largest absolute Gasteiger partial charge is 0.396 e. The fourth-order valence-electron chi connectivity index (χ4n) is 1.67. The molecular weight excluding hydrogens is 216 g/mol. The first-order valence-corrected chi connectivity index (χ1v) is 6.49. The lowest BCUT2D eigenvalue weighted by Crippen LogP contribution is -2.30. The Kier molecular flexibility index (Phi) is 8.17. The van der Waals surface area contributed by atoms with E-state index in [9.17, 15) is 4.79 Å². The van der Waals surface area contributed by atoms with Crippen LogP contribution in [0.4, 0.5) is 0 Å². The van der Waals surface area contributed by atoms with Gasteiger partial charge in [0.25, 0.3) is 0 Å². The van der Waals surface area contributed by atoms with Crippen molar-refractivity contribution in [2.75, 3.05) is 19.7 Å². The molecule has 102 valence electrons. The van der Waals surface area contributed by atoms with E-state index in [2.05, 4.69) is 19.2 Å². The molecular formula is C13H28N2O2. The Morgan fingerprint density at radius 1 is 1.41 bits per heavy atom. The molecule has 0 aliphatic heterocycles. The van der Waals surface area contributed by atoms with Gasteiger partial charge in [-0.3, -0.25) is 4.79 Å². The third-order valence-corrected chi connectivity index (χ3v) is 3.12. The summed E-state index contributed by atoms with van der Waals surface area (Å²) in [6, 6.07) is 0. The van der Waals surface area contributed by atoms with Crippen LogP contribution in [0.15, 0.2) is 0 Å². The SMILES string of the molecule is CC(CCO)CNC(=O)CCC(C)(C)CCN. The molecule has 0 aliphatic rings. The summed E-state index contributed by atoms with van der Waals surface area (Å²) in [5, 5.41) is 11.6. The van der Waals surface area contributed by atoms with Crippen molar-refractivity contribution in [1.82, 2.24) is 5.32 Å². The summed E-state index contributed by atoms with van der Waals surface area (Å²) in [5.74, 6) is 0.431. The number of nitrogens with one attached hydrogen (secondary N) is 1. The predicted octanol–water partition coefficient (Wildman–Crippen LogP) is 1.28. The molecule has 0 aliphatic carbocycles. The molecule has 17 heavy (non-hydrogen) atoms. The van der Waals surface area contributed by atoms with Gasteiger partial charge in [0.2, 0.25) is 5.91 Å². The van der Waals surface area contributed by atoms with Crippen LogP contribution in [-0.2, 0) is 4.79 Å². The molecule has 0 bridgehead atoms. The summed E-state index contributed by atoms with van der Waals surface area (Å²) in [6.45, 7) is 7.80. The van der Waals surface area contributed by atoms with Crippen LogP contribution in [0.2, 0.25) is 0 Å². The number of nitrogens with two attached hydrogens (primary N) is 1. The number of rotatable bonds is 9. The molecule has 0 aromatic heterocycles. The molecule has 1 atom stereocenters. The van der Waals surface area contributed by atoms with Gasteiger partial charge >= 0.3 is 0 Å². The average Bonchev–Trinajstić information content (AvgIpc) is 2.24. The Morgan fingerprint density at radius 2 is 2.06 bits per heavy atom. The van der Waals surface area contributed by atoms with Gasteiger partial charge in [-0.05, 0) is 37.1 Å². The highest BCUT2D eigenvalue weighted by Crippen LogP contribution is 2.25. The van der Waals surface area contributed by atoms with E-state index in [0.29, 0.717) is 25.4 Å². The van der Waals surface area contributed by atoms with E-state index in [0.717, 1.165) is 19.3 Å². The molecule has 0 aromatic carbocycles. The smallest absolute Gasteiger partial charge is 0.220 e. The van der Waals surface area contributed by atoms with Crippen molar-refractivity contribution < 1.29 is 9.90 Å². The molecule has 4 heteroatoms. The topological polar surface area (TPSA) is 75.3 Å². The Morgan fingerprint density at radius 3 is 2.59 bits per heavy atom. The minimum Gasteiger partial charge on any atom is -0.396 e. The molecule has 0 rings (SSSR count). The lowest BCUT2D eigenvalue weighted by Gasteiger charge is -2.23. The maximum Gasteiger partial charge on any atom is 0.220 e. The highest BCUT2D eigenvalue weighted by molar-refractivity contribution is 5.75. The van der Waals surface area contributed by atoms with Gasteiger partial charge in [-0.15, -0.1) is 0 Å². The average molecular weight is 244 g/mol. The van der Waals surface area contributed by atoms with Gasteiger partial charge < -0.3 is 16.2 Å². The van der Waals surface area contributed by atoms with Crippen LogP contribution in [0.1, 0.15) is 46.5 Å². The van der Waals surface area contributed by atoms with Gasteiger partial charge in [0, 0.05) is 19.6 Å². The standard InChI is InChI=1S/C13H28N2O2/c1-11(5-9-16)10-15-12(17)4-6-13(2,3)7-8-14/h11,16H,4-10,14H2,1-3H3,(H,15,17). The van der Waals surface area contributed by atoms with Gasteiger partial charge in [0.05, 0.1) is 0 Å². The molecule has 1 amide bonds. The number of hydrogen-bond donors (Lipinski definition) is 3. The Hall–Kier alpha value is -0.610. The zero-order valence-electron chi connectivity index (χ0n) is 11.5. The van der Waals surface area contributed by atoms with Crippen LogP contribution >= 0.6 is 0 Å².